The minimum atomic E-state index is 1.03. The molecular formula is C10H19B. The van der Waals surface area contributed by atoms with Crippen LogP contribution in [0.25, 0.3) is 0 Å². The van der Waals surface area contributed by atoms with Gasteiger partial charge in [0.1, 0.15) is 6.71 Å². The molecule has 1 aliphatic heterocycles. The van der Waals surface area contributed by atoms with Crippen LogP contribution in [0.2, 0.25) is 19.5 Å². The van der Waals surface area contributed by atoms with E-state index in [9.17, 15) is 0 Å². The summed E-state index contributed by atoms with van der Waals surface area (Å²) in [5, 5.41) is 0. The maximum atomic E-state index is 2.44. The van der Waals surface area contributed by atoms with Crippen molar-refractivity contribution in [2.24, 2.45) is 17.8 Å². The Morgan fingerprint density at radius 3 is 2.09 bits per heavy atom. The van der Waals surface area contributed by atoms with Crippen molar-refractivity contribution in [2.75, 3.05) is 0 Å². The molecule has 2 atom stereocenters. The van der Waals surface area contributed by atoms with Crippen LogP contribution in [0.15, 0.2) is 0 Å². The SMILES string of the molecule is CB1CC2CC(C)CC(C1)C2. The van der Waals surface area contributed by atoms with Crippen molar-refractivity contribution in [1.29, 1.82) is 0 Å². The molecule has 0 radical (unpaired) electrons. The van der Waals surface area contributed by atoms with Crippen molar-refractivity contribution in [1.82, 2.24) is 0 Å². The van der Waals surface area contributed by atoms with Gasteiger partial charge in [0, 0.05) is 0 Å². The van der Waals surface area contributed by atoms with Crippen LogP contribution >= 0.6 is 0 Å². The van der Waals surface area contributed by atoms with Gasteiger partial charge in [0.25, 0.3) is 0 Å². The molecule has 0 N–H and O–H groups in total. The lowest BCUT2D eigenvalue weighted by Gasteiger charge is -2.39. The smallest absolute Gasteiger partial charge is 0.0861 e. The van der Waals surface area contributed by atoms with E-state index in [1.807, 2.05) is 0 Å². The van der Waals surface area contributed by atoms with Gasteiger partial charge in [-0.2, -0.15) is 0 Å². The Morgan fingerprint density at radius 2 is 1.55 bits per heavy atom. The molecule has 0 spiro atoms. The van der Waals surface area contributed by atoms with E-state index in [2.05, 4.69) is 13.7 Å². The molecule has 2 bridgehead atoms. The highest BCUT2D eigenvalue weighted by atomic mass is 14.3. The van der Waals surface area contributed by atoms with Crippen LogP contribution in [0.5, 0.6) is 0 Å². The van der Waals surface area contributed by atoms with Crippen molar-refractivity contribution in [3.05, 3.63) is 0 Å². The first-order valence-corrected chi connectivity index (χ1v) is 5.24. The molecule has 1 heterocycles. The largest absolute Gasteiger partial charge is 0.137 e. The Bertz CT molecular complexity index is 110. The molecule has 2 aliphatic rings. The first kappa shape index (κ1) is 7.70. The van der Waals surface area contributed by atoms with Crippen LogP contribution < -0.4 is 0 Å². The van der Waals surface area contributed by atoms with Gasteiger partial charge in [0.2, 0.25) is 0 Å². The lowest BCUT2D eigenvalue weighted by Crippen LogP contribution is -2.32. The van der Waals surface area contributed by atoms with Crippen LogP contribution in [0, 0.1) is 17.8 Å². The lowest BCUT2D eigenvalue weighted by molar-refractivity contribution is 0.219. The Balaban J connectivity index is 2.00. The molecular weight excluding hydrogens is 131 g/mol. The zero-order chi connectivity index (χ0) is 7.84. The van der Waals surface area contributed by atoms with E-state index in [0.29, 0.717) is 0 Å². The van der Waals surface area contributed by atoms with Crippen molar-refractivity contribution in [3.8, 4) is 0 Å². The van der Waals surface area contributed by atoms with Gasteiger partial charge in [-0.05, 0) is 37.0 Å². The summed E-state index contributed by atoms with van der Waals surface area (Å²) in [5.41, 5.74) is 0. The average Bonchev–Trinajstić information content (AvgIpc) is 1.82. The third kappa shape index (κ3) is 1.63. The van der Waals surface area contributed by atoms with E-state index >= 15 is 0 Å². The molecule has 1 heteroatoms. The topological polar surface area (TPSA) is 0 Å². The highest BCUT2D eigenvalue weighted by Gasteiger charge is 2.33. The van der Waals surface area contributed by atoms with Crippen molar-refractivity contribution in [2.45, 2.75) is 45.6 Å². The number of rotatable bonds is 0. The molecule has 1 saturated heterocycles. The molecule has 62 valence electrons. The van der Waals surface area contributed by atoms with Crippen molar-refractivity contribution in [3.63, 3.8) is 0 Å². The van der Waals surface area contributed by atoms with Gasteiger partial charge in [0.15, 0.2) is 0 Å². The summed E-state index contributed by atoms with van der Waals surface area (Å²) in [7, 11) is 0. The molecule has 0 nitrogen and oxygen atoms in total. The summed E-state index contributed by atoms with van der Waals surface area (Å²) in [4.78, 5) is 0. The molecule has 1 aliphatic carbocycles. The Morgan fingerprint density at radius 1 is 1.00 bits per heavy atom. The fourth-order valence-corrected chi connectivity index (χ4v) is 3.52. The summed E-state index contributed by atoms with van der Waals surface area (Å²) in [6, 6.07) is 0. The van der Waals surface area contributed by atoms with Gasteiger partial charge in [0.05, 0.1) is 0 Å². The second kappa shape index (κ2) is 2.84. The molecule has 0 aromatic carbocycles. The molecule has 1 saturated carbocycles. The quantitative estimate of drug-likeness (QED) is 0.465. The van der Waals surface area contributed by atoms with Gasteiger partial charge >= 0.3 is 0 Å². The highest BCUT2D eigenvalue weighted by molar-refractivity contribution is 6.57. The van der Waals surface area contributed by atoms with Gasteiger partial charge in [-0.3, -0.25) is 0 Å². The number of fused-ring (bicyclic) bond motifs is 2. The van der Waals surface area contributed by atoms with Crippen molar-refractivity contribution >= 4 is 6.71 Å². The van der Waals surface area contributed by atoms with Crippen LogP contribution in [0.1, 0.15) is 26.2 Å². The average molecular weight is 150 g/mol. The zero-order valence-electron chi connectivity index (χ0n) is 7.84. The summed E-state index contributed by atoms with van der Waals surface area (Å²) in [6.45, 7) is 5.91. The first-order chi connectivity index (χ1) is 5.24. The molecule has 2 fully saturated rings. The van der Waals surface area contributed by atoms with Crippen LogP contribution in [0.4, 0.5) is 0 Å². The fraction of sp³-hybridized carbons (Fsp3) is 1.00. The molecule has 0 amide bonds. The molecule has 0 aromatic rings. The summed E-state index contributed by atoms with van der Waals surface area (Å²) in [6.07, 6.45) is 7.68. The predicted molar refractivity (Wildman–Crippen MR) is 51.2 cm³/mol. The van der Waals surface area contributed by atoms with Crippen molar-refractivity contribution < 1.29 is 0 Å². The van der Waals surface area contributed by atoms with E-state index < -0.39 is 0 Å². The standard InChI is InChI=1S/C10H19B/c1-8-3-9-5-10(4-8)7-11(2)6-9/h8-10H,3-7H2,1-2H3. The van der Waals surface area contributed by atoms with Gasteiger partial charge in [-0.25, -0.2) is 0 Å². The molecule has 2 unspecified atom stereocenters. The van der Waals surface area contributed by atoms with Gasteiger partial charge < -0.3 is 0 Å². The maximum Gasteiger partial charge on any atom is 0.137 e. The third-order valence-corrected chi connectivity index (χ3v) is 3.61. The van der Waals surface area contributed by atoms with E-state index in [-0.39, 0.29) is 0 Å². The normalized spacial score (nSPS) is 44.2. The number of hydrogen-bond acceptors (Lipinski definition) is 0. The van der Waals surface area contributed by atoms with E-state index in [4.69, 9.17) is 0 Å². The predicted octanol–water partition coefficient (Wildman–Crippen LogP) is 3.18. The zero-order valence-corrected chi connectivity index (χ0v) is 7.84. The Kier molecular flexibility index (Phi) is 1.99. The van der Waals surface area contributed by atoms with Crippen LogP contribution in [-0.4, -0.2) is 6.71 Å². The number of hydrogen-bond donors (Lipinski definition) is 0. The fourth-order valence-electron chi connectivity index (χ4n) is 3.52. The molecule has 2 rings (SSSR count). The summed E-state index contributed by atoms with van der Waals surface area (Å²) in [5.74, 6) is 3.24. The monoisotopic (exact) mass is 150 g/mol. The minimum Gasteiger partial charge on any atom is -0.0861 e. The lowest BCUT2D eigenvalue weighted by atomic mass is 9.37. The first-order valence-electron chi connectivity index (χ1n) is 5.24. The van der Waals surface area contributed by atoms with E-state index in [0.717, 1.165) is 24.5 Å². The molecule has 11 heavy (non-hydrogen) atoms. The van der Waals surface area contributed by atoms with Gasteiger partial charge in [-0.15, -0.1) is 0 Å². The Hall–Kier alpha value is 0.0649. The second-order valence-electron chi connectivity index (χ2n) is 5.12. The van der Waals surface area contributed by atoms with Crippen LogP contribution in [0.3, 0.4) is 0 Å². The Labute approximate surface area is 70.8 Å². The maximum absolute atomic E-state index is 2.44. The highest BCUT2D eigenvalue weighted by Crippen LogP contribution is 2.42. The van der Waals surface area contributed by atoms with E-state index in [1.54, 1.807) is 6.42 Å². The molecule has 0 aromatic heterocycles. The van der Waals surface area contributed by atoms with Gasteiger partial charge in [-0.1, -0.05) is 26.4 Å². The second-order valence-corrected chi connectivity index (χ2v) is 5.12. The minimum absolute atomic E-state index is 1.03. The third-order valence-electron chi connectivity index (χ3n) is 3.61. The van der Waals surface area contributed by atoms with E-state index in [1.165, 1.54) is 25.5 Å². The summed E-state index contributed by atoms with van der Waals surface area (Å²) < 4.78 is 0. The van der Waals surface area contributed by atoms with Crippen LogP contribution in [-0.2, 0) is 0 Å². The summed E-state index contributed by atoms with van der Waals surface area (Å²) >= 11 is 0.